The first kappa shape index (κ1) is 26.6. The summed E-state index contributed by atoms with van der Waals surface area (Å²) in [4.78, 5) is 2.33. The van der Waals surface area contributed by atoms with Gasteiger partial charge in [-0.25, -0.2) is 8.42 Å². The molecule has 0 amide bonds. The van der Waals surface area contributed by atoms with Crippen LogP contribution < -0.4 is 5.73 Å². The number of hydrogen-bond acceptors (Lipinski definition) is 6. The second-order valence-electron chi connectivity index (χ2n) is 9.64. The summed E-state index contributed by atoms with van der Waals surface area (Å²) in [6, 6.07) is 16.8. The minimum absolute atomic E-state index is 0.0621. The summed E-state index contributed by atoms with van der Waals surface area (Å²) in [5.74, 6) is 0.555. The molecule has 0 spiro atoms. The Morgan fingerprint density at radius 1 is 0.941 bits per heavy atom. The Morgan fingerprint density at radius 2 is 1.56 bits per heavy atom. The topological polar surface area (TPSA) is 96.1 Å². The minimum atomic E-state index is -3.43. The maximum absolute atomic E-state index is 13.0. The van der Waals surface area contributed by atoms with E-state index in [0.717, 1.165) is 6.42 Å². The quantitative estimate of drug-likeness (QED) is 0.471. The lowest BCUT2D eigenvalue weighted by molar-refractivity contribution is -0.0292. The summed E-state index contributed by atoms with van der Waals surface area (Å²) in [6.45, 7) is 9.21. The summed E-state index contributed by atoms with van der Waals surface area (Å²) in [5, 5.41) is 9.44. The summed E-state index contributed by atoms with van der Waals surface area (Å²) >= 11 is 0. The van der Waals surface area contributed by atoms with Gasteiger partial charge in [0.1, 0.15) is 12.0 Å². The third kappa shape index (κ3) is 7.52. The zero-order valence-electron chi connectivity index (χ0n) is 20.5. The first-order chi connectivity index (χ1) is 16.2. The molecule has 3 N–H and O–H groups in total. The number of nitrogens with zero attached hydrogens (tertiary/aromatic N) is 2. The van der Waals surface area contributed by atoms with Crippen LogP contribution in [0, 0.1) is 11.8 Å². The van der Waals surface area contributed by atoms with E-state index in [2.05, 4.69) is 37.8 Å². The second-order valence-corrected chi connectivity index (χ2v) is 11.6. The van der Waals surface area contributed by atoms with Crippen molar-refractivity contribution in [1.82, 2.24) is 9.21 Å². The van der Waals surface area contributed by atoms with Gasteiger partial charge in [0.15, 0.2) is 0 Å². The molecule has 3 unspecified atom stereocenters. The van der Waals surface area contributed by atoms with Gasteiger partial charge in [-0.15, -0.1) is 0 Å². The molecule has 0 radical (unpaired) electrons. The number of piperazine rings is 1. The number of sulfonamides is 1. The van der Waals surface area contributed by atoms with Gasteiger partial charge < -0.3 is 15.6 Å². The molecule has 1 saturated heterocycles. The van der Waals surface area contributed by atoms with E-state index in [1.807, 2.05) is 18.2 Å². The number of aromatic hydroxyl groups is 1. The van der Waals surface area contributed by atoms with Crippen molar-refractivity contribution in [3.05, 3.63) is 65.7 Å². The average molecular weight is 490 g/mol. The van der Waals surface area contributed by atoms with E-state index in [9.17, 15) is 13.5 Å². The van der Waals surface area contributed by atoms with Crippen molar-refractivity contribution in [3.8, 4) is 5.75 Å². The standard InChI is InChI=1S/C26H39N3O4S/c1-20(2)18-33-26(27)25(17-22-7-5-4-6-8-22)21(3)28-13-15-29(16-14-28)34(31,32)19-23-9-11-24(30)12-10-23/h4-12,20-21,25-26,30H,13-19,27H2,1-3H3. The molecule has 1 heterocycles. The molecular weight excluding hydrogens is 450 g/mol. The molecule has 188 valence electrons. The second kappa shape index (κ2) is 12.1. The van der Waals surface area contributed by atoms with E-state index in [1.165, 1.54) is 17.7 Å². The van der Waals surface area contributed by atoms with Crippen LogP contribution in [-0.4, -0.2) is 67.8 Å². The highest BCUT2D eigenvalue weighted by Gasteiger charge is 2.34. The maximum Gasteiger partial charge on any atom is 0.218 e. The molecule has 3 atom stereocenters. The molecule has 3 rings (SSSR count). The van der Waals surface area contributed by atoms with Crippen LogP contribution in [0.25, 0.3) is 0 Å². The van der Waals surface area contributed by atoms with Crippen LogP contribution in [0.1, 0.15) is 31.9 Å². The van der Waals surface area contributed by atoms with E-state index in [1.54, 1.807) is 16.4 Å². The van der Waals surface area contributed by atoms with E-state index in [-0.39, 0.29) is 23.5 Å². The molecule has 34 heavy (non-hydrogen) atoms. The Kier molecular flexibility index (Phi) is 9.50. The largest absolute Gasteiger partial charge is 0.508 e. The normalized spacial score (nSPS) is 18.6. The van der Waals surface area contributed by atoms with Crippen LogP contribution in [-0.2, 0) is 26.9 Å². The first-order valence-corrected chi connectivity index (χ1v) is 13.7. The number of rotatable bonds is 11. The number of nitrogens with two attached hydrogens (primary N) is 1. The van der Waals surface area contributed by atoms with Crippen LogP contribution >= 0.6 is 0 Å². The molecule has 0 aromatic heterocycles. The molecule has 1 aliphatic heterocycles. The molecule has 1 fully saturated rings. The van der Waals surface area contributed by atoms with E-state index in [4.69, 9.17) is 10.5 Å². The Balaban J connectivity index is 1.63. The zero-order chi connectivity index (χ0) is 24.7. The SMILES string of the molecule is CC(C)COC(N)C(Cc1ccccc1)C(C)N1CCN(S(=O)(=O)Cc2ccc(O)cc2)CC1. The molecule has 2 aromatic rings. The lowest BCUT2D eigenvalue weighted by Crippen LogP contribution is -2.55. The first-order valence-electron chi connectivity index (χ1n) is 12.1. The average Bonchev–Trinajstić information content (AvgIpc) is 2.82. The third-order valence-electron chi connectivity index (χ3n) is 6.51. The van der Waals surface area contributed by atoms with Gasteiger partial charge in [0, 0.05) is 38.1 Å². The molecule has 0 bridgehead atoms. The van der Waals surface area contributed by atoms with Gasteiger partial charge in [-0.3, -0.25) is 4.90 Å². The summed E-state index contributed by atoms with van der Waals surface area (Å²) in [5.41, 5.74) is 8.43. The Labute approximate surface area is 204 Å². The number of benzene rings is 2. The predicted octanol–water partition coefficient (Wildman–Crippen LogP) is 3.04. The highest BCUT2D eigenvalue weighted by Crippen LogP contribution is 2.24. The molecule has 2 aromatic carbocycles. The Hall–Kier alpha value is -1.97. The van der Waals surface area contributed by atoms with E-state index >= 15 is 0 Å². The van der Waals surface area contributed by atoms with Crippen LogP contribution in [0.3, 0.4) is 0 Å². The molecular formula is C26H39N3O4S. The van der Waals surface area contributed by atoms with Gasteiger partial charge in [-0.1, -0.05) is 56.3 Å². The van der Waals surface area contributed by atoms with Gasteiger partial charge in [-0.2, -0.15) is 4.31 Å². The summed E-state index contributed by atoms with van der Waals surface area (Å²) in [7, 11) is -3.43. The van der Waals surface area contributed by atoms with Crippen LogP contribution in [0.2, 0.25) is 0 Å². The van der Waals surface area contributed by atoms with Crippen molar-refractivity contribution in [1.29, 1.82) is 0 Å². The monoisotopic (exact) mass is 489 g/mol. The van der Waals surface area contributed by atoms with Crippen molar-refractivity contribution in [3.63, 3.8) is 0 Å². The van der Waals surface area contributed by atoms with Gasteiger partial charge >= 0.3 is 0 Å². The number of hydrogen-bond donors (Lipinski definition) is 2. The van der Waals surface area contributed by atoms with E-state index in [0.29, 0.717) is 44.3 Å². The van der Waals surface area contributed by atoms with Gasteiger partial charge in [0.2, 0.25) is 10.0 Å². The third-order valence-corrected chi connectivity index (χ3v) is 8.36. The van der Waals surface area contributed by atoms with Crippen molar-refractivity contribution >= 4 is 10.0 Å². The summed E-state index contributed by atoms with van der Waals surface area (Å²) in [6.07, 6.45) is 0.412. The fraction of sp³-hybridized carbons (Fsp3) is 0.538. The fourth-order valence-electron chi connectivity index (χ4n) is 4.43. The van der Waals surface area contributed by atoms with Crippen LogP contribution in [0.5, 0.6) is 5.75 Å². The fourth-order valence-corrected chi connectivity index (χ4v) is 5.94. The van der Waals surface area contributed by atoms with Crippen molar-refractivity contribution < 1.29 is 18.3 Å². The summed E-state index contributed by atoms with van der Waals surface area (Å²) < 4.78 is 33.5. The van der Waals surface area contributed by atoms with Crippen molar-refractivity contribution in [2.45, 2.75) is 45.2 Å². The maximum atomic E-state index is 13.0. The highest BCUT2D eigenvalue weighted by atomic mass is 32.2. The van der Waals surface area contributed by atoms with Gasteiger partial charge in [-0.05, 0) is 42.5 Å². The predicted molar refractivity (Wildman–Crippen MR) is 136 cm³/mol. The molecule has 8 heteroatoms. The highest BCUT2D eigenvalue weighted by molar-refractivity contribution is 7.88. The number of phenolic OH excluding ortho intramolecular Hbond substituents is 1. The molecule has 7 nitrogen and oxygen atoms in total. The molecule has 0 aliphatic carbocycles. The van der Waals surface area contributed by atoms with Crippen molar-refractivity contribution in [2.75, 3.05) is 32.8 Å². The minimum Gasteiger partial charge on any atom is -0.508 e. The number of phenols is 1. The Bertz CT molecular complexity index is 975. The van der Waals surface area contributed by atoms with Crippen molar-refractivity contribution in [2.24, 2.45) is 17.6 Å². The zero-order valence-corrected chi connectivity index (χ0v) is 21.3. The lowest BCUT2D eigenvalue weighted by atomic mass is 9.90. The van der Waals surface area contributed by atoms with E-state index < -0.39 is 16.3 Å². The Morgan fingerprint density at radius 3 is 2.15 bits per heavy atom. The van der Waals surface area contributed by atoms with Gasteiger partial charge in [0.25, 0.3) is 0 Å². The van der Waals surface area contributed by atoms with Crippen LogP contribution in [0.15, 0.2) is 54.6 Å². The molecule has 0 saturated carbocycles. The van der Waals surface area contributed by atoms with Crippen LogP contribution in [0.4, 0.5) is 0 Å². The molecule has 1 aliphatic rings. The smallest absolute Gasteiger partial charge is 0.218 e. The number of ether oxygens (including phenoxy) is 1. The lowest BCUT2D eigenvalue weighted by Gasteiger charge is -2.42. The van der Waals surface area contributed by atoms with Gasteiger partial charge in [0.05, 0.1) is 12.4 Å².